The highest BCUT2D eigenvalue weighted by Gasteiger charge is 2.20. The molecule has 0 amide bonds. The Kier molecular flexibility index (Phi) is 5.37. The first-order chi connectivity index (χ1) is 14.5. The molecular formula is C23H24N4O3. The molecule has 0 unspecified atom stereocenters. The van der Waals surface area contributed by atoms with Gasteiger partial charge in [-0.05, 0) is 31.0 Å². The summed E-state index contributed by atoms with van der Waals surface area (Å²) in [6.45, 7) is 4.89. The topological polar surface area (TPSA) is 71.1 Å². The molecule has 0 saturated heterocycles. The van der Waals surface area contributed by atoms with Crippen LogP contribution in [0.15, 0.2) is 64.4 Å². The summed E-state index contributed by atoms with van der Waals surface area (Å²) in [5.74, 6) is 0. The molecule has 2 aromatic heterocycles. The first kappa shape index (κ1) is 19.8. The highest BCUT2D eigenvalue weighted by molar-refractivity contribution is 5.73. The number of methoxy groups -OCH3 is 1. The molecule has 0 radical (unpaired) electrons. The zero-order chi connectivity index (χ0) is 21.3. The molecule has 0 saturated carbocycles. The second kappa shape index (κ2) is 8.12. The van der Waals surface area contributed by atoms with Crippen molar-refractivity contribution in [3.63, 3.8) is 0 Å². The predicted molar refractivity (Wildman–Crippen MR) is 116 cm³/mol. The van der Waals surface area contributed by atoms with Gasteiger partial charge in [0.05, 0.1) is 25.2 Å². The lowest BCUT2D eigenvalue weighted by Gasteiger charge is -2.14. The Balaban J connectivity index is 1.98. The minimum absolute atomic E-state index is 0.172. The van der Waals surface area contributed by atoms with Crippen molar-refractivity contribution in [1.82, 2.24) is 18.7 Å². The van der Waals surface area contributed by atoms with E-state index in [2.05, 4.69) is 4.98 Å². The van der Waals surface area contributed by atoms with E-state index < -0.39 is 5.69 Å². The van der Waals surface area contributed by atoms with E-state index in [1.54, 1.807) is 18.0 Å². The summed E-state index contributed by atoms with van der Waals surface area (Å²) < 4.78 is 9.68. The van der Waals surface area contributed by atoms with Crippen molar-refractivity contribution in [2.75, 3.05) is 13.7 Å². The van der Waals surface area contributed by atoms with E-state index in [0.29, 0.717) is 23.4 Å². The highest BCUT2D eigenvalue weighted by atomic mass is 16.5. The van der Waals surface area contributed by atoms with Crippen molar-refractivity contribution in [2.45, 2.75) is 26.9 Å². The number of aromatic nitrogens is 4. The largest absolute Gasteiger partial charge is 0.383 e. The smallest absolute Gasteiger partial charge is 0.337 e. The van der Waals surface area contributed by atoms with Gasteiger partial charge >= 0.3 is 5.69 Å². The summed E-state index contributed by atoms with van der Waals surface area (Å²) in [4.78, 5) is 31.0. The number of imidazole rings is 1. The van der Waals surface area contributed by atoms with Gasteiger partial charge in [0.1, 0.15) is 0 Å². The van der Waals surface area contributed by atoms with Crippen molar-refractivity contribution in [1.29, 1.82) is 0 Å². The second-order valence-electron chi connectivity index (χ2n) is 7.38. The lowest BCUT2D eigenvalue weighted by atomic mass is 10.1. The van der Waals surface area contributed by atoms with Crippen LogP contribution in [0.4, 0.5) is 0 Å². The maximum atomic E-state index is 13.3. The van der Waals surface area contributed by atoms with Crippen molar-refractivity contribution in [3.05, 3.63) is 92.4 Å². The third-order valence-corrected chi connectivity index (χ3v) is 5.25. The monoisotopic (exact) mass is 404 g/mol. The zero-order valence-electron chi connectivity index (χ0n) is 17.3. The average Bonchev–Trinajstić information content (AvgIpc) is 3.14. The van der Waals surface area contributed by atoms with Gasteiger partial charge in [0.2, 0.25) is 0 Å². The number of rotatable bonds is 6. The van der Waals surface area contributed by atoms with Crippen LogP contribution in [-0.4, -0.2) is 32.4 Å². The van der Waals surface area contributed by atoms with Crippen molar-refractivity contribution in [2.24, 2.45) is 0 Å². The molecular weight excluding hydrogens is 380 g/mol. The van der Waals surface area contributed by atoms with Crippen molar-refractivity contribution < 1.29 is 4.74 Å². The molecule has 0 N–H and O–H groups in total. The molecule has 0 aliphatic heterocycles. The summed E-state index contributed by atoms with van der Waals surface area (Å²) >= 11 is 0. The van der Waals surface area contributed by atoms with E-state index in [-0.39, 0.29) is 18.7 Å². The number of aryl methyl sites for hydroxylation is 2. The van der Waals surface area contributed by atoms with Gasteiger partial charge in [-0.3, -0.25) is 9.36 Å². The van der Waals surface area contributed by atoms with E-state index in [9.17, 15) is 9.59 Å². The number of benzene rings is 2. The molecule has 2 aromatic carbocycles. The Hall–Kier alpha value is -3.45. The summed E-state index contributed by atoms with van der Waals surface area (Å²) in [7, 11) is 1.55. The van der Waals surface area contributed by atoms with Crippen LogP contribution in [0, 0.1) is 13.8 Å². The van der Waals surface area contributed by atoms with E-state index in [4.69, 9.17) is 4.74 Å². The molecule has 0 bridgehead atoms. The molecule has 4 rings (SSSR count). The molecule has 2 heterocycles. The first-order valence-corrected chi connectivity index (χ1v) is 9.82. The lowest BCUT2D eigenvalue weighted by molar-refractivity contribution is 0.184. The van der Waals surface area contributed by atoms with E-state index in [0.717, 1.165) is 11.1 Å². The summed E-state index contributed by atoms with van der Waals surface area (Å²) in [6.07, 6.45) is 1.63. The van der Waals surface area contributed by atoms with Crippen LogP contribution in [-0.2, 0) is 17.8 Å². The van der Waals surface area contributed by atoms with Gasteiger partial charge in [0.25, 0.3) is 5.56 Å². The van der Waals surface area contributed by atoms with Crippen molar-refractivity contribution >= 4 is 11.2 Å². The van der Waals surface area contributed by atoms with Gasteiger partial charge in [0, 0.05) is 13.7 Å². The maximum absolute atomic E-state index is 13.3. The quantitative estimate of drug-likeness (QED) is 0.495. The molecule has 0 aliphatic carbocycles. The van der Waals surface area contributed by atoms with Gasteiger partial charge in [0.15, 0.2) is 11.2 Å². The molecule has 30 heavy (non-hydrogen) atoms. The number of hydrogen-bond donors (Lipinski definition) is 0. The predicted octanol–water partition coefficient (Wildman–Crippen LogP) is 2.66. The van der Waals surface area contributed by atoms with Crippen molar-refractivity contribution in [3.8, 4) is 5.69 Å². The van der Waals surface area contributed by atoms with Gasteiger partial charge in [-0.25, -0.2) is 14.3 Å². The van der Waals surface area contributed by atoms with Crippen LogP contribution >= 0.6 is 0 Å². The Morgan fingerprint density at radius 1 is 1.00 bits per heavy atom. The Morgan fingerprint density at radius 3 is 2.43 bits per heavy atom. The molecule has 0 aliphatic rings. The van der Waals surface area contributed by atoms with E-state index in [1.807, 2.05) is 62.4 Å². The third kappa shape index (κ3) is 3.48. The summed E-state index contributed by atoms with van der Waals surface area (Å²) in [6, 6.07) is 15.7. The number of ether oxygens (including phenoxy) is 1. The minimum atomic E-state index is -0.417. The van der Waals surface area contributed by atoms with Gasteiger partial charge in [-0.15, -0.1) is 0 Å². The molecule has 4 aromatic rings. The summed E-state index contributed by atoms with van der Waals surface area (Å²) in [5, 5.41) is 0. The van der Waals surface area contributed by atoms with Crippen LogP contribution < -0.4 is 11.2 Å². The highest BCUT2D eigenvalue weighted by Crippen LogP contribution is 2.17. The molecule has 7 nitrogen and oxygen atoms in total. The first-order valence-electron chi connectivity index (χ1n) is 9.82. The molecule has 0 atom stereocenters. The van der Waals surface area contributed by atoms with Crippen LogP contribution in [0.2, 0.25) is 0 Å². The number of hydrogen-bond acceptors (Lipinski definition) is 4. The molecule has 0 spiro atoms. The van der Waals surface area contributed by atoms with Crippen LogP contribution in [0.25, 0.3) is 16.9 Å². The average molecular weight is 404 g/mol. The number of fused-ring (bicyclic) bond motifs is 1. The number of para-hydroxylation sites is 1. The summed E-state index contributed by atoms with van der Waals surface area (Å²) in [5.41, 5.74) is 3.83. The van der Waals surface area contributed by atoms with E-state index >= 15 is 0 Å². The maximum Gasteiger partial charge on any atom is 0.337 e. The Bertz CT molecular complexity index is 1310. The fraction of sp³-hybridized carbons (Fsp3) is 0.261. The zero-order valence-corrected chi connectivity index (χ0v) is 17.3. The Labute approximate surface area is 173 Å². The fourth-order valence-electron chi connectivity index (χ4n) is 3.60. The SMILES string of the molecule is COCCn1c(=O)c2c(ncn2Cc2ccc(C)cc2)n(-c2ccccc2C)c1=O. The lowest BCUT2D eigenvalue weighted by Crippen LogP contribution is -2.41. The van der Waals surface area contributed by atoms with Crippen LogP contribution in [0.5, 0.6) is 0 Å². The Morgan fingerprint density at radius 2 is 1.73 bits per heavy atom. The third-order valence-electron chi connectivity index (χ3n) is 5.25. The van der Waals surface area contributed by atoms with Crippen LogP contribution in [0.1, 0.15) is 16.7 Å². The standard InChI is InChI=1S/C23H24N4O3/c1-16-8-10-18(11-9-16)14-25-15-24-21-20(25)22(28)26(12-13-30-3)23(29)27(21)19-7-5-4-6-17(19)2/h4-11,15H,12-14H2,1-3H3. The van der Waals surface area contributed by atoms with Gasteiger partial charge in [-0.1, -0.05) is 48.0 Å². The van der Waals surface area contributed by atoms with E-state index in [1.165, 1.54) is 14.7 Å². The molecule has 7 heteroatoms. The number of nitrogens with zero attached hydrogens (tertiary/aromatic N) is 4. The van der Waals surface area contributed by atoms with Gasteiger partial charge in [-0.2, -0.15) is 0 Å². The normalized spacial score (nSPS) is 11.3. The fourth-order valence-corrected chi connectivity index (χ4v) is 3.60. The van der Waals surface area contributed by atoms with Crippen LogP contribution in [0.3, 0.4) is 0 Å². The second-order valence-corrected chi connectivity index (χ2v) is 7.38. The molecule has 0 fully saturated rings. The van der Waals surface area contributed by atoms with Gasteiger partial charge < -0.3 is 9.30 Å². The minimum Gasteiger partial charge on any atom is -0.383 e. The molecule has 154 valence electrons.